The average molecular weight is 339 g/mol. The summed E-state index contributed by atoms with van der Waals surface area (Å²) in [5.41, 5.74) is 2.87. The van der Waals surface area contributed by atoms with Crippen LogP contribution >= 0.6 is 11.8 Å². The molecule has 1 amide bonds. The van der Waals surface area contributed by atoms with E-state index in [1.807, 2.05) is 61.5 Å². The molecule has 122 valence electrons. The van der Waals surface area contributed by atoms with Crippen LogP contribution in [-0.2, 0) is 4.79 Å². The fourth-order valence-corrected chi connectivity index (χ4v) is 2.76. The van der Waals surface area contributed by atoms with Gasteiger partial charge in [0.05, 0.1) is 0 Å². The molecule has 1 N–H and O–H groups in total. The van der Waals surface area contributed by atoms with Crippen molar-refractivity contribution < 1.29 is 9.21 Å². The van der Waals surface area contributed by atoms with Gasteiger partial charge in [-0.25, -0.2) is 0 Å². The molecule has 0 atom stereocenters. The first-order valence-corrected chi connectivity index (χ1v) is 8.57. The topological polar surface area (TPSA) is 68.0 Å². The number of aryl methyl sites for hydroxylation is 1. The third-order valence-electron chi connectivity index (χ3n) is 3.32. The maximum Gasteiger partial charge on any atom is 0.276 e. The lowest BCUT2D eigenvalue weighted by Gasteiger charge is -2.03. The van der Waals surface area contributed by atoms with E-state index in [1.165, 1.54) is 17.3 Å². The molecular formula is C18H17N3O2S. The summed E-state index contributed by atoms with van der Waals surface area (Å²) in [7, 11) is 0. The first-order valence-electron chi connectivity index (χ1n) is 7.59. The van der Waals surface area contributed by atoms with Gasteiger partial charge in [-0.15, -0.1) is 10.2 Å². The van der Waals surface area contributed by atoms with Crippen LogP contribution in [0.2, 0.25) is 0 Å². The fraction of sp³-hybridized carbons (Fsp3) is 0.167. The predicted octanol–water partition coefficient (Wildman–Crippen LogP) is 4.17. The lowest BCUT2D eigenvalue weighted by Crippen LogP contribution is -2.11. The molecule has 0 aliphatic rings. The van der Waals surface area contributed by atoms with Crippen LogP contribution in [0.1, 0.15) is 12.0 Å². The molecule has 5 nitrogen and oxygen atoms in total. The first-order chi connectivity index (χ1) is 11.7. The lowest BCUT2D eigenvalue weighted by atomic mass is 10.1. The van der Waals surface area contributed by atoms with E-state index in [9.17, 15) is 4.79 Å². The highest BCUT2D eigenvalue weighted by Crippen LogP contribution is 2.23. The SMILES string of the molecule is Cc1ccc(-c2nnc(SCCC(=O)Nc3ccccc3)o2)cc1. The van der Waals surface area contributed by atoms with Crippen molar-refractivity contribution in [1.29, 1.82) is 0 Å². The molecule has 3 aromatic rings. The first kappa shape index (κ1) is 16.3. The number of para-hydroxylation sites is 1. The molecule has 24 heavy (non-hydrogen) atoms. The number of hydrogen-bond acceptors (Lipinski definition) is 5. The Bertz CT molecular complexity index is 801. The van der Waals surface area contributed by atoms with E-state index in [2.05, 4.69) is 15.5 Å². The van der Waals surface area contributed by atoms with Crippen molar-refractivity contribution >= 4 is 23.4 Å². The molecule has 0 aliphatic carbocycles. The lowest BCUT2D eigenvalue weighted by molar-refractivity contribution is -0.115. The second kappa shape index (κ2) is 7.79. The number of aromatic nitrogens is 2. The van der Waals surface area contributed by atoms with Gasteiger partial charge in [0, 0.05) is 23.4 Å². The van der Waals surface area contributed by atoms with E-state index >= 15 is 0 Å². The van der Waals surface area contributed by atoms with Gasteiger partial charge in [0.2, 0.25) is 11.8 Å². The molecule has 2 aromatic carbocycles. The number of nitrogens with one attached hydrogen (secondary N) is 1. The smallest absolute Gasteiger partial charge is 0.276 e. The van der Waals surface area contributed by atoms with Gasteiger partial charge in [-0.3, -0.25) is 4.79 Å². The van der Waals surface area contributed by atoms with Crippen molar-refractivity contribution in [2.45, 2.75) is 18.6 Å². The summed E-state index contributed by atoms with van der Waals surface area (Å²) in [5, 5.41) is 11.4. The Balaban J connectivity index is 1.49. The van der Waals surface area contributed by atoms with Crippen molar-refractivity contribution in [3.05, 3.63) is 60.2 Å². The van der Waals surface area contributed by atoms with Gasteiger partial charge in [-0.05, 0) is 31.2 Å². The Hall–Kier alpha value is -2.60. The molecule has 1 aromatic heterocycles. The Morgan fingerprint density at radius 1 is 1.08 bits per heavy atom. The molecule has 0 saturated carbocycles. The summed E-state index contributed by atoms with van der Waals surface area (Å²) in [6.45, 7) is 2.03. The van der Waals surface area contributed by atoms with Crippen LogP contribution in [0.4, 0.5) is 5.69 Å². The number of carbonyl (C=O) groups excluding carboxylic acids is 1. The zero-order valence-electron chi connectivity index (χ0n) is 13.2. The Kier molecular flexibility index (Phi) is 5.28. The van der Waals surface area contributed by atoms with E-state index < -0.39 is 0 Å². The van der Waals surface area contributed by atoms with Crippen LogP contribution in [0.15, 0.2) is 64.2 Å². The average Bonchev–Trinajstić information content (AvgIpc) is 3.05. The number of carbonyl (C=O) groups is 1. The molecule has 0 unspecified atom stereocenters. The molecule has 0 aliphatic heterocycles. The van der Waals surface area contributed by atoms with E-state index in [1.54, 1.807) is 0 Å². The zero-order valence-corrected chi connectivity index (χ0v) is 14.0. The Morgan fingerprint density at radius 2 is 1.83 bits per heavy atom. The van der Waals surface area contributed by atoms with Gasteiger partial charge in [0.15, 0.2) is 0 Å². The van der Waals surface area contributed by atoms with Crippen molar-refractivity contribution in [2.75, 3.05) is 11.1 Å². The summed E-state index contributed by atoms with van der Waals surface area (Å²) >= 11 is 1.38. The van der Waals surface area contributed by atoms with Crippen LogP contribution in [0, 0.1) is 6.92 Å². The van der Waals surface area contributed by atoms with Gasteiger partial charge in [0.1, 0.15) is 0 Å². The second-order valence-corrected chi connectivity index (χ2v) is 6.30. The van der Waals surface area contributed by atoms with Crippen LogP contribution in [0.5, 0.6) is 0 Å². The largest absolute Gasteiger partial charge is 0.411 e. The van der Waals surface area contributed by atoms with Gasteiger partial charge in [0.25, 0.3) is 5.22 Å². The number of rotatable bonds is 6. The number of anilines is 1. The maximum absolute atomic E-state index is 11.9. The molecule has 0 bridgehead atoms. The van der Waals surface area contributed by atoms with Gasteiger partial charge < -0.3 is 9.73 Å². The fourth-order valence-electron chi connectivity index (χ4n) is 2.06. The van der Waals surface area contributed by atoms with Gasteiger partial charge in [-0.1, -0.05) is 47.7 Å². The normalized spacial score (nSPS) is 10.5. The monoisotopic (exact) mass is 339 g/mol. The Morgan fingerprint density at radius 3 is 2.58 bits per heavy atom. The minimum Gasteiger partial charge on any atom is -0.411 e. The third-order valence-corrected chi connectivity index (χ3v) is 4.14. The minimum atomic E-state index is -0.0352. The van der Waals surface area contributed by atoms with Crippen LogP contribution in [0.3, 0.4) is 0 Å². The molecule has 1 heterocycles. The van der Waals surface area contributed by atoms with E-state index in [4.69, 9.17) is 4.42 Å². The minimum absolute atomic E-state index is 0.0352. The Labute approximate surface area is 144 Å². The highest BCUT2D eigenvalue weighted by molar-refractivity contribution is 7.99. The van der Waals surface area contributed by atoms with Crippen molar-refractivity contribution in [3.63, 3.8) is 0 Å². The highest BCUT2D eigenvalue weighted by Gasteiger charge is 2.10. The van der Waals surface area contributed by atoms with E-state index in [0.29, 0.717) is 23.3 Å². The molecule has 0 saturated heterocycles. The molecule has 6 heteroatoms. The summed E-state index contributed by atoms with van der Waals surface area (Å²) in [6.07, 6.45) is 0.377. The van der Waals surface area contributed by atoms with Crippen LogP contribution in [-0.4, -0.2) is 21.9 Å². The molecule has 0 spiro atoms. The number of thioether (sulfide) groups is 1. The number of nitrogens with zero attached hydrogens (tertiary/aromatic N) is 2. The predicted molar refractivity (Wildman–Crippen MR) is 94.9 cm³/mol. The van der Waals surface area contributed by atoms with Crippen molar-refractivity contribution in [2.24, 2.45) is 0 Å². The van der Waals surface area contributed by atoms with Gasteiger partial charge in [-0.2, -0.15) is 0 Å². The number of benzene rings is 2. The maximum atomic E-state index is 11.9. The molecule has 0 radical (unpaired) electrons. The number of hydrogen-bond donors (Lipinski definition) is 1. The van der Waals surface area contributed by atoms with Crippen LogP contribution < -0.4 is 5.32 Å². The van der Waals surface area contributed by atoms with E-state index in [0.717, 1.165) is 11.3 Å². The van der Waals surface area contributed by atoms with Crippen molar-refractivity contribution in [3.8, 4) is 11.5 Å². The third kappa shape index (κ3) is 4.45. The van der Waals surface area contributed by atoms with Crippen LogP contribution in [0.25, 0.3) is 11.5 Å². The molecule has 0 fully saturated rings. The summed E-state index contributed by atoms with van der Waals surface area (Å²) in [4.78, 5) is 11.9. The zero-order chi connectivity index (χ0) is 16.8. The summed E-state index contributed by atoms with van der Waals surface area (Å²) < 4.78 is 5.62. The summed E-state index contributed by atoms with van der Waals surface area (Å²) in [6, 6.07) is 17.3. The van der Waals surface area contributed by atoms with Crippen molar-refractivity contribution in [1.82, 2.24) is 10.2 Å². The van der Waals surface area contributed by atoms with E-state index in [-0.39, 0.29) is 5.91 Å². The second-order valence-electron chi connectivity index (χ2n) is 5.25. The molecular weight excluding hydrogens is 322 g/mol. The quantitative estimate of drug-likeness (QED) is 0.683. The highest BCUT2D eigenvalue weighted by atomic mass is 32.2. The summed E-state index contributed by atoms with van der Waals surface area (Å²) in [5.74, 6) is 1.03. The number of amides is 1. The van der Waals surface area contributed by atoms with Gasteiger partial charge >= 0.3 is 0 Å². The standard InChI is InChI=1S/C18H17N3O2S/c1-13-7-9-14(10-8-13)17-20-21-18(23-17)24-12-11-16(22)19-15-5-3-2-4-6-15/h2-10H,11-12H2,1H3,(H,19,22). The molecule has 3 rings (SSSR count).